The predicted molar refractivity (Wildman–Crippen MR) is 74.8 cm³/mol. The van der Waals surface area contributed by atoms with E-state index in [0.29, 0.717) is 23.5 Å². The van der Waals surface area contributed by atoms with Crippen molar-refractivity contribution in [2.45, 2.75) is 6.54 Å². The number of nitrogens with one attached hydrogen (secondary N) is 2. The first-order chi connectivity index (χ1) is 9.10. The Balaban J connectivity index is 2.18. The lowest BCUT2D eigenvalue weighted by atomic mass is 10.1. The molecule has 0 radical (unpaired) electrons. The molecule has 2 rings (SSSR count). The van der Waals surface area contributed by atoms with E-state index in [0.717, 1.165) is 5.69 Å². The van der Waals surface area contributed by atoms with Crippen LogP contribution in [-0.2, 0) is 13.6 Å². The summed E-state index contributed by atoms with van der Waals surface area (Å²) in [5.74, 6) is -0.150. The van der Waals surface area contributed by atoms with Crippen molar-refractivity contribution in [3.63, 3.8) is 0 Å². The molecule has 0 unspecified atom stereocenters. The second-order valence-corrected chi connectivity index (χ2v) is 4.22. The maximum atomic E-state index is 11.7. The second kappa shape index (κ2) is 5.43. The molecule has 0 aliphatic carbocycles. The van der Waals surface area contributed by atoms with Gasteiger partial charge in [-0.25, -0.2) is 0 Å². The quantitative estimate of drug-likeness (QED) is 0.714. The number of rotatable bonds is 4. The van der Waals surface area contributed by atoms with Crippen LogP contribution in [-0.4, -0.2) is 22.7 Å². The van der Waals surface area contributed by atoms with E-state index in [4.69, 9.17) is 5.73 Å². The summed E-state index contributed by atoms with van der Waals surface area (Å²) in [5, 5.41) is 10.1. The first-order valence-corrected chi connectivity index (χ1v) is 5.94. The maximum Gasteiger partial charge on any atom is 0.253 e. The van der Waals surface area contributed by atoms with Gasteiger partial charge in [0.1, 0.15) is 0 Å². The van der Waals surface area contributed by atoms with Crippen molar-refractivity contribution >= 4 is 17.3 Å². The largest absolute Gasteiger partial charge is 0.399 e. The third-order valence-corrected chi connectivity index (χ3v) is 2.74. The van der Waals surface area contributed by atoms with Gasteiger partial charge in [0.15, 0.2) is 0 Å². The summed E-state index contributed by atoms with van der Waals surface area (Å²) in [6.45, 7) is 0.536. The summed E-state index contributed by atoms with van der Waals surface area (Å²) in [5.41, 5.74) is 8.52. The number of aryl methyl sites for hydroxylation is 1. The Hall–Kier alpha value is -2.50. The van der Waals surface area contributed by atoms with Gasteiger partial charge in [-0.2, -0.15) is 5.10 Å². The lowest BCUT2D eigenvalue weighted by Crippen LogP contribution is -2.19. The monoisotopic (exact) mass is 259 g/mol. The first kappa shape index (κ1) is 12.9. The number of nitrogen functional groups attached to an aromatic ring is 1. The molecule has 0 saturated carbocycles. The number of nitrogens with two attached hydrogens (primary N) is 1. The van der Waals surface area contributed by atoms with Crippen LogP contribution in [0.2, 0.25) is 0 Å². The molecular weight excluding hydrogens is 242 g/mol. The lowest BCUT2D eigenvalue weighted by Gasteiger charge is -2.11. The van der Waals surface area contributed by atoms with Gasteiger partial charge in [-0.1, -0.05) is 0 Å². The van der Waals surface area contributed by atoms with Crippen LogP contribution in [0.25, 0.3) is 0 Å². The molecule has 19 heavy (non-hydrogen) atoms. The van der Waals surface area contributed by atoms with Gasteiger partial charge in [-0.05, 0) is 24.3 Å². The zero-order valence-electron chi connectivity index (χ0n) is 11.0. The molecule has 1 amide bonds. The average Bonchev–Trinajstić information content (AvgIpc) is 2.81. The van der Waals surface area contributed by atoms with E-state index >= 15 is 0 Å². The molecule has 0 spiro atoms. The lowest BCUT2D eigenvalue weighted by molar-refractivity contribution is 0.0964. The van der Waals surface area contributed by atoms with Crippen LogP contribution in [0.1, 0.15) is 16.1 Å². The topological polar surface area (TPSA) is 85.0 Å². The third kappa shape index (κ3) is 3.04. The van der Waals surface area contributed by atoms with Crippen molar-refractivity contribution in [2.75, 3.05) is 18.1 Å². The molecule has 100 valence electrons. The summed E-state index contributed by atoms with van der Waals surface area (Å²) in [6, 6.07) is 7.07. The van der Waals surface area contributed by atoms with Crippen LogP contribution in [0.15, 0.2) is 30.5 Å². The number of benzene rings is 1. The molecule has 0 saturated heterocycles. The molecule has 1 heterocycles. The number of carbonyl (C=O) groups is 1. The van der Waals surface area contributed by atoms with Gasteiger partial charge in [0, 0.05) is 31.7 Å². The van der Waals surface area contributed by atoms with Crippen molar-refractivity contribution in [3.8, 4) is 0 Å². The van der Waals surface area contributed by atoms with Gasteiger partial charge in [0.05, 0.1) is 17.8 Å². The van der Waals surface area contributed by atoms with Crippen LogP contribution in [0.3, 0.4) is 0 Å². The minimum atomic E-state index is -0.150. The summed E-state index contributed by atoms with van der Waals surface area (Å²) in [4.78, 5) is 11.7. The van der Waals surface area contributed by atoms with Gasteiger partial charge < -0.3 is 16.4 Å². The molecule has 4 N–H and O–H groups in total. The Morgan fingerprint density at radius 1 is 1.42 bits per heavy atom. The smallest absolute Gasteiger partial charge is 0.253 e. The van der Waals surface area contributed by atoms with E-state index in [1.807, 2.05) is 19.3 Å². The van der Waals surface area contributed by atoms with Crippen molar-refractivity contribution in [2.24, 2.45) is 7.05 Å². The van der Waals surface area contributed by atoms with Gasteiger partial charge in [0.2, 0.25) is 0 Å². The molecule has 0 atom stereocenters. The fourth-order valence-corrected chi connectivity index (χ4v) is 1.78. The van der Waals surface area contributed by atoms with Crippen molar-refractivity contribution in [1.29, 1.82) is 0 Å². The van der Waals surface area contributed by atoms with Crippen LogP contribution in [0.4, 0.5) is 11.4 Å². The Kier molecular flexibility index (Phi) is 3.70. The average molecular weight is 259 g/mol. The number of hydrogen-bond donors (Lipinski definition) is 3. The Morgan fingerprint density at radius 3 is 2.84 bits per heavy atom. The van der Waals surface area contributed by atoms with E-state index in [1.165, 1.54) is 0 Å². The van der Waals surface area contributed by atoms with E-state index < -0.39 is 0 Å². The molecule has 6 heteroatoms. The normalized spacial score (nSPS) is 10.2. The SMILES string of the molecule is CNC(=O)c1ccc(N)cc1NCc1ccn(C)n1. The van der Waals surface area contributed by atoms with Gasteiger partial charge in [-0.15, -0.1) is 0 Å². The summed E-state index contributed by atoms with van der Waals surface area (Å²) in [7, 11) is 3.46. The zero-order valence-corrected chi connectivity index (χ0v) is 11.0. The predicted octanol–water partition coefficient (Wildman–Crippen LogP) is 0.974. The van der Waals surface area contributed by atoms with Crippen molar-refractivity contribution < 1.29 is 4.79 Å². The third-order valence-electron chi connectivity index (χ3n) is 2.74. The molecule has 0 aliphatic rings. The Labute approximate surface area is 111 Å². The zero-order chi connectivity index (χ0) is 13.8. The molecule has 0 aliphatic heterocycles. The molecular formula is C13H17N5O. The van der Waals surface area contributed by atoms with E-state index in [1.54, 1.807) is 29.9 Å². The van der Waals surface area contributed by atoms with Crippen LogP contribution in [0.5, 0.6) is 0 Å². The van der Waals surface area contributed by atoms with Crippen LogP contribution < -0.4 is 16.4 Å². The number of anilines is 2. The number of amides is 1. The molecule has 0 bridgehead atoms. The number of nitrogens with zero attached hydrogens (tertiary/aromatic N) is 2. The van der Waals surface area contributed by atoms with Gasteiger partial charge >= 0.3 is 0 Å². The molecule has 1 aromatic carbocycles. The highest BCUT2D eigenvalue weighted by molar-refractivity contribution is 6.00. The number of carbonyl (C=O) groups excluding carboxylic acids is 1. The highest BCUT2D eigenvalue weighted by Crippen LogP contribution is 2.19. The molecule has 1 aromatic heterocycles. The minimum absolute atomic E-state index is 0.150. The number of hydrogen-bond acceptors (Lipinski definition) is 4. The first-order valence-electron chi connectivity index (χ1n) is 5.94. The highest BCUT2D eigenvalue weighted by Gasteiger charge is 2.10. The fraction of sp³-hybridized carbons (Fsp3) is 0.231. The standard InChI is InChI=1S/C13H17N5O/c1-15-13(19)11-4-3-9(14)7-12(11)16-8-10-5-6-18(2)17-10/h3-7,16H,8,14H2,1-2H3,(H,15,19). The highest BCUT2D eigenvalue weighted by atomic mass is 16.1. The van der Waals surface area contributed by atoms with E-state index in [2.05, 4.69) is 15.7 Å². The van der Waals surface area contributed by atoms with Crippen LogP contribution >= 0.6 is 0 Å². The molecule has 2 aromatic rings. The second-order valence-electron chi connectivity index (χ2n) is 4.22. The Morgan fingerprint density at radius 2 is 2.21 bits per heavy atom. The minimum Gasteiger partial charge on any atom is -0.399 e. The fourth-order valence-electron chi connectivity index (χ4n) is 1.78. The molecule has 6 nitrogen and oxygen atoms in total. The Bertz CT molecular complexity index is 590. The summed E-state index contributed by atoms with van der Waals surface area (Å²) >= 11 is 0. The van der Waals surface area contributed by atoms with E-state index in [9.17, 15) is 4.79 Å². The maximum absolute atomic E-state index is 11.7. The van der Waals surface area contributed by atoms with E-state index in [-0.39, 0.29) is 5.91 Å². The van der Waals surface area contributed by atoms with Crippen molar-refractivity contribution in [1.82, 2.24) is 15.1 Å². The summed E-state index contributed by atoms with van der Waals surface area (Å²) in [6.07, 6.45) is 1.87. The summed E-state index contributed by atoms with van der Waals surface area (Å²) < 4.78 is 1.73. The number of aromatic nitrogens is 2. The van der Waals surface area contributed by atoms with Crippen LogP contribution in [0, 0.1) is 0 Å². The van der Waals surface area contributed by atoms with Crippen molar-refractivity contribution in [3.05, 3.63) is 41.7 Å². The molecule has 0 fully saturated rings. The van der Waals surface area contributed by atoms with Gasteiger partial charge in [0.25, 0.3) is 5.91 Å². The van der Waals surface area contributed by atoms with Gasteiger partial charge in [-0.3, -0.25) is 9.48 Å².